The molecule has 0 saturated heterocycles. The van der Waals surface area contributed by atoms with Gasteiger partial charge in [-0.3, -0.25) is 9.13 Å². The Morgan fingerprint density at radius 3 is 1.18 bits per heavy atom. The van der Waals surface area contributed by atoms with Crippen LogP contribution in [0.4, 0.5) is 0 Å². The summed E-state index contributed by atoms with van der Waals surface area (Å²) in [4.78, 5) is 10.6. The van der Waals surface area contributed by atoms with Crippen molar-refractivity contribution in [1.29, 1.82) is 0 Å². The first kappa shape index (κ1) is 27.9. The summed E-state index contributed by atoms with van der Waals surface area (Å²) in [6.45, 7) is 0. The highest BCUT2D eigenvalue weighted by Gasteiger charge is 2.21. The van der Waals surface area contributed by atoms with Gasteiger partial charge in [-0.05, 0) is 48.5 Å². The minimum Gasteiger partial charge on any atom is -0.309 e. The van der Waals surface area contributed by atoms with Gasteiger partial charge in [0, 0.05) is 49.6 Å². The van der Waals surface area contributed by atoms with Gasteiger partial charge >= 0.3 is 0 Å². The van der Waals surface area contributed by atoms with E-state index in [0.717, 1.165) is 45.0 Å². The normalized spacial score (nSPS) is 11.9. The van der Waals surface area contributed by atoms with Gasteiger partial charge in [-0.25, -0.2) is 9.97 Å². The van der Waals surface area contributed by atoms with E-state index >= 15 is 0 Å². The van der Waals surface area contributed by atoms with E-state index in [0.29, 0.717) is 5.82 Å². The summed E-state index contributed by atoms with van der Waals surface area (Å²) < 4.78 is 6.99. The molecule has 51 heavy (non-hydrogen) atoms. The fraction of sp³-hybridized carbons (Fsp3) is 0. The largest absolute Gasteiger partial charge is 0.309 e. The lowest BCUT2D eigenvalue weighted by Gasteiger charge is -2.14. The van der Waals surface area contributed by atoms with E-state index in [1.165, 1.54) is 43.4 Å². The van der Waals surface area contributed by atoms with Gasteiger partial charge in [0.25, 0.3) is 0 Å². The van der Waals surface area contributed by atoms with Crippen LogP contribution in [0.1, 0.15) is 0 Å². The quantitative estimate of drug-likeness (QED) is 0.190. The van der Waals surface area contributed by atoms with Gasteiger partial charge in [-0.1, -0.05) is 121 Å². The molecule has 5 heteroatoms. The Kier molecular flexibility index (Phi) is 5.89. The first-order valence-corrected chi connectivity index (χ1v) is 17.3. The summed E-state index contributed by atoms with van der Waals surface area (Å²) >= 11 is 0. The number of hydrogen-bond acceptors (Lipinski definition) is 2. The van der Waals surface area contributed by atoms with E-state index in [1.807, 2.05) is 18.2 Å². The molecule has 0 radical (unpaired) electrons. The van der Waals surface area contributed by atoms with Crippen LogP contribution in [0.25, 0.3) is 94.1 Å². The molecule has 0 aliphatic rings. The summed E-state index contributed by atoms with van der Waals surface area (Å²) in [5.74, 6) is 2.32. The molecule has 11 aromatic rings. The van der Waals surface area contributed by atoms with Gasteiger partial charge in [0.1, 0.15) is 11.6 Å². The van der Waals surface area contributed by atoms with Crippen molar-refractivity contribution >= 4 is 65.4 Å². The maximum Gasteiger partial charge on any atom is 0.163 e. The average molecular weight is 652 g/mol. The monoisotopic (exact) mass is 651 g/mol. The molecule has 0 unspecified atom stereocenters. The van der Waals surface area contributed by atoms with Gasteiger partial charge < -0.3 is 4.57 Å². The van der Waals surface area contributed by atoms with Gasteiger partial charge in [0.2, 0.25) is 0 Å². The summed E-state index contributed by atoms with van der Waals surface area (Å²) in [5.41, 5.74) is 8.90. The Morgan fingerprint density at radius 2 is 0.667 bits per heavy atom. The molecule has 0 aliphatic heterocycles. The molecule has 0 N–H and O–H groups in total. The maximum atomic E-state index is 5.34. The number of benzene rings is 7. The van der Waals surface area contributed by atoms with Gasteiger partial charge in [0.15, 0.2) is 5.82 Å². The first-order valence-electron chi connectivity index (χ1n) is 17.3. The van der Waals surface area contributed by atoms with Gasteiger partial charge in [-0.2, -0.15) is 0 Å². The van der Waals surface area contributed by atoms with Crippen molar-refractivity contribution < 1.29 is 0 Å². The highest BCUT2D eigenvalue weighted by molar-refractivity contribution is 6.19. The maximum absolute atomic E-state index is 5.34. The smallest absolute Gasteiger partial charge is 0.163 e. The molecule has 238 valence electrons. The van der Waals surface area contributed by atoms with Gasteiger partial charge in [-0.15, -0.1) is 0 Å². The standard InChI is InChI=1S/C46H29N5/c1-3-15-30(16-4-1)46-47-44(50-39-24-12-7-19-32(39)33-20-8-13-25-40(33)50)29-45(48-46)51-41-26-14-10-22-35(41)37-27-42-36(28-43(37)51)34-21-9-11-23-38(34)49(42)31-17-5-2-6-18-31/h1-29H. The molecule has 0 fully saturated rings. The zero-order chi connectivity index (χ0) is 33.5. The fourth-order valence-electron chi connectivity index (χ4n) is 8.07. The highest BCUT2D eigenvalue weighted by atomic mass is 15.1. The van der Waals surface area contributed by atoms with Crippen molar-refractivity contribution in [3.05, 3.63) is 176 Å². The minimum absolute atomic E-state index is 0.678. The highest BCUT2D eigenvalue weighted by Crippen LogP contribution is 2.40. The van der Waals surface area contributed by atoms with E-state index < -0.39 is 0 Å². The van der Waals surface area contributed by atoms with Crippen molar-refractivity contribution in [3.63, 3.8) is 0 Å². The van der Waals surface area contributed by atoms with Crippen LogP contribution in [-0.2, 0) is 0 Å². The zero-order valence-corrected chi connectivity index (χ0v) is 27.5. The summed E-state index contributed by atoms with van der Waals surface area (Å²) in [6, 6.07) is 62.3. The molecule has 4 aromatic heterocycles. The number of hydrogen-bond donors (Lipinski definition) is 0. The second-order valence-corrected chi connectivity index (χ2v) is 13.1. The molecule has 5 nitrogen and oxygen atoms in total. The van der Waals surface area contributed by atoms with Crippen LogP contribution < -0.4 is 0 Å². The van der Waals surface area contributed by atoms with Crippen LogP contribution in [0.3, 0.4) is 0 Å². The molecule has 0 spiro atoms. The van der Waals surface area contributed by atoms with Crippen LogP contribution in [0, 0.1) is 0 Å². The molecule has 0 saturated carbocycles. The van der Waals surface area contributed by atoms with E-state index in [2.05, 4.69) is 171 Å². The third-order valence-corrected chi connectivity index (χ3v) is 10.2. The Hall–Kier alpha value is -6.98. The molecular formula is C46H29N5. The zero-order valence-electron chi connectivity index (χ0n) is 27.5. The SMILES string of the molecule is c1ccc(-c2nc(-n3c4ccccc4c4ccccc43)cc(-n3c4ccccc4c4cc5c(cc43)c3ccccc3n5-c3ccccc3)n2)cc1. The van der Waals surface area contributed by atoms with Crippen LogP contribution in [-0.4, -0.2) is 23.7 Å². The lowest BCUT2D eigenvalue weighted by atomic mass is 10.1. The first-order chi connectivity index (χ1) is 25.3. The predicted octanol–water partition coefficient (Wildman–Crippen LogP) is 11.4. The third-order valence-electron chi connectivity index (χ3n) is 10.2. The molecular weight excluding hydrogens is 623 g/mol. The number of fused-ring (bicyclic) bond motifs is 9. The number of para-hydroxylation sites is 5. The van der Waals surface area contributed by atoms with Crippen molar-refractivity contribution in [3.8, 4) is 28.7 Å². The number of rotatable bonds is 4. The van der Waals surface area contributed by atoms with Gasteiger partial charge in [0.05, 0.1) is 33.1 Å². The van der Waals surface area contributed by atoms with E-state index in [-0.39, 0.29) is 0 Å². The van der Waals surface area contributed by atoms with Crippen LogP contribution >= 0.6 is 0 Å². The Morgan fingerprint density at radius 1 is 0.294 bits per heavy atom. The fourth-order valence-corrected chi connectivity index (χ4v) is 8.07. The van der Waals surface area contributed by atoms with Crippen LogP contribution in [0.5, 0.6) is 0 Å². The summed E-state index contributed by atoms with van der Waals surface area (Å²) in [6.07, 6.45) is 0. The second kappa shape index (κ2) is 10.8. The van der Waals surface area contributed by atoms with Crippen molar-refractivity contribution in [2.45, 2.75) is 0 Å². The Balaban J connectivity index is 1.27. The molecule has 4 heterocycles. The van der Waals surface area contributed by atoms with Crippen molar-refractivity contribution in [2.24, 2.45) is 0 Å². The molecule has 0 atom stereocenters. The van der Waals surface area contributed by atoms with Crippen LogP contribution in [0.15, 0.2) is 176 Å². The van der Waals surface area contributed by atoms with Crippen LogP contribution in [0.2, 0.25) is 0 Å². The third kappa shape index (κ3) is 4.09. The summed E-state index contributed by atoms with van der Waals surface area (Å²) in [5, 5.41) is 7.17. The minimum atomic E-state index is 0.678. The van der Waals surface area contributed by atoms with Crippen molar-refractivity contribution in [1.82, 2.24) is 23.7 Å². The molecule has 0 aliphatic carbocycles. The Labute approximate surface area is 292 Å². The Bertz CT molecular complexity index is 3080. The lowest BCUT2D eigenvalue weighted by molar-refractivity contribution is 0.994. The predicted molar refractivity (Wildman–Crippen MR) is 210 cm³/mol. The average Bonchev–Trinajstić information content (AvgIpc) is 3.83. The molecule has 0 bridgehead atoms. The molecule has 0 amide bonds. The van der Waals surface area contributed by atoms with E-state index in [4.69, 9.17) is 9.97 Å². The lowest BCUT2D eigenvalue weighted by Crippen LogP contribution is -2.06. The number of nitrogens with zero attached hydrogens (tertiary/aromatic N) is 5. The topological polar surface area (TPSA) is 40.6 Å². The van der Waals surface area contributed by atoms with E-state index in [1.54, 1.807) is 0 Å². The second-order valence-electron chi connectivity index (χ2n) is 13.1. The van der Waals surface area contributed by atoms with E-state index in [9.17, 15) is 0 Å². The molecule has 11 rings (SSSR count). The summed E-state index contributed by atoms with van der Waals surface area (Å²) in [7, 11) is 0. The molecule has 7 aromatic carbocycles. The van der Waals surface area contributed by atoms with Crippen molar-refractivity contribution in [2.75, 3.05) is 0 Å². The number of aromatic nitrogens is 5.